The van der Waals surface area contributed by atoms with E-state index in [0.29, 0.717) is 0 Å². The van der Waals surface area contributed by atoms with E-state index in [1.165, 1.54) is 0 Å². The Labute approximate surface area is 84.2 Å². The first-order chi connectivity index (χ1) is 5.99. The summed E-state index contributed by atoms with van der Waals surface area (Å²) in [5, 5.41) is 0. The number of nitrogens with zero attached hydrogens (tertiary/aromatic N) is 1. The van der Waals surface area contributed by atoms with Gasteiger partial charge in [-0.05, 0) is 19.2 Å². The molecule has 0 aromatic carbocycles. The Hall–Kier alpha value is -0.303. The molecule has 0 N–H and O–H groups in total. The lowest BCUT2D eigenvalue weighted by Crippen LogP contribution is -2.22. The summed E-state index contributed by atoms with van der Waals surface area (Å²) in [6, 6.07) is 0. The Morgan fingerprint density at radius 1 is 1.15 bits per heavy atom. The smallest absolute Gasteiger partial charge is 0.0781 e. The number of rotatable bonds is 5. The van der Waals surface area contributed by atoms with Gasteiger partial charge in [0.1, 0.15) is 0 Å². The normalized spacial score (nSPS) is 11.2. The lowest BCUT2D eigenvalue weighted by atomic mass is 10.4. The number of hydrogen-bond donors (Lipinski definition) is 0. The van der Waals surface area contributed by atoms with Gasteiger partial charge >= 0.3 is 0 Å². The molecule has 0 aliphatic rings. The molecule has 0 bridgehead atoms. The second-order valence-electron chi connectivity index (χ2n) is 4.37. The molecule has 0 unspecified atom stereocenters. The van der Waals surface area contributed by atoms with Crippen molar-refractivity contribution in [2.24, 2.45) is 0 Å². The van der Waals surface area contributed by atoms with Crippen LogP contribution in [-0.2, 0) is 0 Å². The minimum Gasteiger partial charge on any atom is -0.300 e. The molecular formula is C11H23NSi. The monoisotopic (exact) mass is 197 g/mol. The maximum absolute atomic E-state index is 3.29. The summed E-state index contributed by atoms with van der Waals surface area (Å²) in [5.41, 5.74) is 5.55. The third kappa shape index (κ3) is 8.04. The van der Waals surface area contributed by atoms with E-state index in [1.807, 2.05) is 0 Å². The highest BCUT2D eigenvalue weighted by Crippen LogP contribution is 2.00. The fourth-order valence-corrected chi connectivity index (χ4v) is 1.59. The SMILES string of the molecule is CCN(CC)CC=C=C[Si](C)(C)C. The second-order valence-corrected chi connectivity index (χ2v) is 9.39. The molecule has 76 valence electrons. The van der Waals surface area contributed by atoms with Gasteiger partial charge < -0.3 is 0 Å². The molecule has 1 nitrogen and oxygen atoms in total. The average molecular weight is 197 g/mol. The van der Waals surface area contributed by atoms with Gasteiger partial charge in [-0.1, -0.05) is 39.2 Å². The van der Waals surface area contributed by atoms with Crippen LogP contribution in [-0.4, -0.2) is 32.6 Å². The van der Waals surface area contributed by atoms with Crippen LogP contribution in [0.25, 0.3) is 0 Å². The fraction of sp³-hybridized carbons (Fsp3) is 0.727. The average Bonchev–Trinajstić information content (AvgIpc) is 2.03. The predicted octanol–water partition coefficient (Wildman–Crippen LogP) is 2.92. The number of hydrogen-bond acceptors (Lipinski definition) is 1. The first kappa shape index (κ1) is 12.7. The van der Waals surface area contributed by atoms with Crippen molar-refractivity contribution in [2.75, 3.05) is 19.6 Å². The van der Waals surface area contributed by atoms with Crippen LogP contribution in [0.4, 0.5) is 0 Å². The van der Waals surface area contributed by atoms with Crippen molar-refractivity contribution < 1.29 is 0 Å². The van der Waals surface area contributed by atoms with Gasteiger partial charge in [-0.2, -0.15) is 0 Å². The van der Waals surface area contributed by atoms with Crippen molar-refractivity contribution in [3.05, 3.63) is 17.5 Å². The van der Waals surface area contributed by atoms with Crippen molar-refractivity contribution >= 4 is 8.07 Å². The van der Waals surface area contributed by atoms with E-state index in [4.69, 9.17) is 0 Å². The summed E-state index contributed by atoms with van der Waals surface area (Å²) in [4.78, 5) is 2.38. The topological polar surface area (TPSA) is 3.24 Å². The first-order valence-corrected chi connectivity index (χ1v) is 8.71. The molecule has 13 heavy (non-hydrogen) atoms. The summed E-state index contributed by atoms with van der Waals surface area (Å²) >= 11 is 0. The van der Waals surface area contributed by atoms with E-state index in [2.05, 4.69) is 55.9 Å². The third-order valence-corrected chi connectivity index (χ3v) is 2.91. The van der Waals surface area contributed by atoms with Crippen LogP contribution >= 0.6 is 0 Å². The van der Waals surface area contributed by atoms with E-state index in [9.17, 15) is 0 Å². The summed E-state index contributed by atoms with van der Waals surface area (Å²) in [6.07, 6.45) is 2.14. The van der Waals surface area contributed by atoms with Crippen LogP contribution in [0.5, 0.6) is 0 Å². The highest BCUT2D eigenvalue weighted by Gasteiger charge is 2.05. The number of likely N-dealkylation sites (N-methyl/N-ethyl adjacent to an activating group) is 1. The Balaban J connectivity index is 3.93. The van der Waals surface area contributed by atoms with E-state index in [1.54, 1.807) is 0 Å². The van der Waals surface area contributed by atoms with E-state index >= 15 is 0 Å². The van der Waals surface area contributed by atoms with Gasteiger partial charge in [-0.15, -0.1) is 5.73 Å². The summed E-state index contributed by atoms with van der Waals surface area (Å²) in [6.45, 7) is 14.7. The Bertz CT molecular complexity index is 181. The molecule has 0 amide bonds. The molecule has 0 saturated carbocycles. The third-order valence-electron chi connectivity index (χ3n) is 1.88. The van der Waals surface area contributed by atoms with Crippen LogP contribution in [0.1, 0.15) is 13.8 Å². The van der Waals surface area contributed by atoms with Crippen LogP contribution in [0.2, 0.25) is 19.6 Å². The van der Waals surface area contributed by atoms with Gasteiger partial charge in [-0.3, -0.25) is 4.90 Å². The molecule has 0 rings (SSSR count). The molecule has 0 aromatic rings. The summed E-state index contributed by atoms with van der Waals surface area (Å²) in [5.74, 6) is 0. The zero-order valence-electron chi connectivity index (χ0n) is 9.72. The van der Waals surface area contributed by atoms with Crippen LogP contribution in [0.3, 0.4) is 0 Å². The highest BCUT2D eigenvalue weighted by atomic mass is 28.3. The van der Waals surface area contributed by atoms with Gasteiger partial charge in [0.25, 0.3) is 0 Å². The largest absolute Gasteiger partial charge is 0.300 e. The van der Waals surface area contributed by atoms with E-state index < -0.39 is 8.07 Å². The second kappa shape index (κ2) is 6.20. The Morgan fingerprint density at radius 3 is 2.08 bits per heavy atom. The predicted molar refractivity (Wildman–Crippen MR) is 63.8 cm³/mol. The zero-order valence-corrected chi connectivity index (χ0v) is 10.7. The standard InChI is InChI=1S/C11H23NSi/c1-6-12(7-2)10-8-9-11-13(3,4)5/h8,11H,6-7,10H2,1-5H3. The van der Waals surface area contributed by atoms with Gasteiger partial charge in [0.15, 0.2) is 0 Å². The van der Waals surface area contributed by atoms with Crippen molar-refractivity contribution in [3.63, 3.8) is 0 Å². The lowest BCUT2D eigenvalue weighted by molar-refractivity contribution is 0.337. The maximum atomic E-state index is 3.29. The summed E-state index contributed by atoms with van der Waals surface area (Å²) in [7, 11) is -1.04. The maximum Gasteiger partial charge on any atom is 0.0781 e. The molecular weight excluding hydrogens is 174 g/mol. The van der Waals surface area contributed by atoms with Crippen LogP contribution in [0.15, 0.2) is 17.5 Å². The molecule has 2 heteroatoms. The van der Waals surface area contributed by atoms with Crippen molar-refractivity contribution in [2.45, 2.75) is 33.5 Å². The molecule has 0 spiro atoms. The molecule has 0 radical (unpaired) electrons. The molecule has 0 atom stereocenters. The zero-order chi connectivity index (χ0) is 10.3. The molecule has 0 saturated heterocycles. The lowest BCUT2D eigenvalue weighted by Gasteiger charge is -2.14. The van der Waals surface area contributed by atoms with Gasteiger partial charge in [-0.25, -0.2) is 0 Å². The Kier molecular flexibility index (Phi) is 6.05. The van der Waals surface area contributed by atoms with Gasteiger partial charge in [0.2, 0.25) is 0 Å². The fourth-order valence-electron chi connectivity index (χ4n) is 0.973. The molecule has 0 heterocycles. The molecule has 0 fully saturated rings. The van der Waals surface area contributed by atoms with Crippen molar-refractivity contribution in [1.29, 1.82) is 0 Å². The van der Waals surface area contributed by atoms with E-state index in [-0.39, 0.29) is 0 Å². The van der Waals surface area contributed by atoms with E-state index in [0.717, 1.165) is 19.6 Å². The molecule has 0 aliphatic carbocycles. The van der Waals surface area contributed by atoms with Gasteiger partial charge in [0.05, 0.1) is 8.07 Å². The van der Waals surface area contributed by atoms with Crippen LogP contribution in [0, 0.1) is 0 Å². The van der Waals surface area contributed by atoms with Gasteiger partial charge in [0, 0.05) is 6.54 Å². The van der Waals surface area contributed by atoms with Crippen LogP contribution < -0.4 is 0 Å². The quantitative estimate of drug-likeness (QED) is 0.484. The summed E-state index contributed by atoms with van der Waals surface area (Å²) < 4.78 is 0. The molecule has 0 aromatic heterocycles. The Morgan fingerprint density at radius 2 is 1.69 bits per heavy atom. The first-order valence-electron chi connectivity index (χ1n) is 5.14. The van der Waals surface area contributed by atoms with Crippen molar-refractivity contribution in [3.8, 4) is 0 Å². The minimum absolute atomic E-state index is 1.04. The van der Waals surface area contributed by atoms with Crippen molar-refractivity contribution in [1.82, 2.24) is 4.90 Å². The minimum atomic E-state index is -1.04. The molecule has 0 aliphatic heterocycles. The highest BCUT2D eigenvalue weighted by molar-refractivity contribution is 6.80.